The van der Waals surface area contributed by atoms with Gasteiger partial charge in [-0.1, -0.05) is 0 Å². The number of fused-ring (bicyclic) bond motifs is 2. The zero-order chi connectivity index (χ0) is 15.8. The van der Waals surface area contributed by atoms with E-state index in [1.54, 1.807) is 6.33 Å². The Hall–Kier alpha value is -1.76. The number of hydrogen-bond acceptors (Lipinski definition) is 5. The Morgan fingerprint density at radius 1 is 1.35 bits per heavy atom. The number of anilines is 1. The summed E-state index contributed by atoms with van der Waals surface area (Å²) in [5.74, 6) is 2.48. The molecule has 2 aliphatic rings. The molecule has 23 heavy (non-hydrogen) atoms. The highest BCUT2D eigenvalue weighted by molar-refractivity contribution is 7.80. The lowest BCUT2D eigenvalue weighted by molar-refractivity contribution is -0.132. The Kier molecular flexibility index (Phi) is 3.88. The molecular weight excluding hydrogens is 310 g/mol. The first kappa shape index (κ1) is 14.8. The SMILES string of the molecule is O=C(CCS)N1CC[C@H]2CCN(c3ncnc4[nH]ccc34)[C@H]2C1. The molecule has 2 aromatic rings. The number of nitrogens with one attached hydrogen (secondary N) is 1. The molecule has 122 valence electrons. The summed E-state index contributed by atoms with van der Waals surface area (Å²) in [6.45, 7) is 2.68. The van der Waals surface area contributed by atoms with Gasteiger partial charge in [-0.25, -0.2) is 9.97 Å². The number of piperidine rings is 1. The van der Waals surface area contributed by atoms with Gasteiger partial charge in [0.1, 0.15) is 17.8 Å². The van der Waals surface area contributed by atoms with Crippen LogP contribution in [-0.2, 0) is 4.79 Å². The summed E-state index contributed by atoms with van der Waals surface area (Å²) in [5, 5.41) is 1.06. The van der Waals surface area contributed by atoms with E-state index in [2.05, 4.69) is 32.5 Å². The number of aromatic nitrogens is 3. The van der Waals surface area contributed by atoms with E-state index in [-0.39, 0.29) is 5.91 Å². The van der Waals surface area contributed by atoms with E-state index in [0.29, 0.717) is 24.1 Å². The fourth-order valence-electron chi connectivity index (χ4n) is 3.97. The number of carbonyl (C=O) groups is 1. The van der Waals surface area contributed by atoms with Crippen LogP contribution >= 0.6 is 12.6 Å². The fraction of sp³-hybridized carbons (Fsp3) is 0.562. The number of aromatic amines is 1. The van der Waals surface area contributed by atoms with Crippen molar-refractivity contribution in [3.8, 4) is 0 Å². The maximum absolute atomic E-state index is 12.2. The zero-order valence-electron chi connectivity index (χ0n) is 13.0. The largest absolute Gasteiger partial charge is 0.351 e. The quantitative estimate of drug-likeness (QED) is 0.841. The van der Waals surface area contributed by atoms with Crippen molar-refractivity contribution in [1.82, 2.24) is 19.9 Å². The van der Waals surface area contributed by atoms with Crippen LogP contribution in [0.15, 0.2) is 18.6 Å². The third kappa shape index (κ3) is 2.56. The van der Waals surface area contributed by atoms with Crippen molar-refractivity contribution < 1.29 is 4.79 Å². The first-order valence-electron chi connectivity index (χ1n) is 8.21. The van der Waals surface area contributed by atoms with Crippen LogP contribution in [-0.4, -0.2) is 57.2 Å². The van der Waals surface area contributed by atoms with Gasteiger partial charge in [-0.15, -0.1) is 0 Å². The van der Waals surface area contributed by atoms with E-state index in [0.717, 1.165) is 42.9 Å². The van der Waals surface area contributed by atoms with E-state index in [1.165, 1.54) is 6.42 Å². The first-order valence-corrected chi connectivity index (χ1v) is 8.84. The number of H-pyrrole nitrogens is 1. The van der Waals surface area contributed by atoms with Crippen LogP contribution in [0, 0.1) is 5.92 Å². The van der Waals surface area contributed by atoms with Gasteiger partial charge in [0.15, 0.2) is 0 Å². The van der Waals surface area contributed by atoms with Crippen LogP contribution in [0.1, 0.15) is 19.3 Å². The Bertz CT molecular complexity index is 717. The van der Waals surface area contributed by atoms with Crippen molar-refractivity contribution in [1.29, 1.82) is 0 Å². The average molecular weight is 331 g/mol. The smallest absolute Gasteiger partial charge is 0.223 e. The molecule has 2 fully saturated rings. The van der Waals surface area contributed by atoms with Gasteiger partial charge in [0.2, 0.25) is 5.91 Å². The van der Waals surface area contributed by atoms with E-state index < -0.39 is 0 Å². The summed E-state index contributed by atoms with van der Waals surface area (Å²) in [5.41, 5.74) is 0.872. The van der Waals surface area contributed by atoms with Gasteiger partial charge >= 0.3 is 0 Å². The Balaban J connectivity index is 1.60. The lowest BCUT2D eigenvalue weighted by Crippen LogP contribution is -2.50. The number of thiol groups is 1. The molecule has 4 rings (SSSR count). The van der Waals surface area contributed by atoms with Gasteiger partial charge in [-0.05, 0) is 30.6 Å². The molecule has 6 nitrogen and oxygen atoms in total. The molecule has 0 spiro atoms. The number of likely N-dealkylation sites (tertiary alicyclic amines) is 1. The fourth-order valence-corrected chi connectivity index (χ4v) is 4.16. The summed E-state index contributed by atoms with van der Waals surface area (Å²) < 4.78 is 0. The lowest BCUT2D eigenvalue weighted by Gasteiger charge is -2.39. The van der Waals surface area contributed by atoms with E-state index in [9.17, 15) is 4.79 Å². The molecule has 2 aliphatic heterocycles. The van der Waals surface area contributed by atoms with Gasteiger partial charge in [0, 0.05) is 32.3 Å². The van der Waals surface area contributed by atoms with Crippen molar-refractivity contribution >= 4 is 35.4 Å². The van der Waals surface area contributed by atoms with E-state index in [1.807, 2.05) is 17.2 Å². The molecule has 0 bridgehead atoms. The Morgan fingerprint density at radius 2 is 2.22 bits per heavy atom. The molecule has 0 unspecified atom stereocenters. The van der Waals surface area contributed by atoms with Crippen LogP contribution in [0.25, 0.3) is 11.0 Å². The third-order valence-corrected chi connectivity index (χ3v) is 5.37. The highest BCUT2D eigenvalue weighted by atomic mass is 32.1. The summed E-state index contributed by atoms with van der Waals surface area (Å²) in [6.07, 6.45) is 6.31. The summed E-state index contributed by atoms with van der Waals surface area (Å²) >= 11 is 4.18. The van der Waals surface area contributed by atoms with E-state index in [4.69, 9.17) is 0 Å². The van der Waals surface area contributed by atoms with Crippen LogP contribution in [0.3, 0.4) is 0 Å². The molecule has 1 N–H and O–H groups in total. The second-order valence-electron chi connectivity index (χ2n) is 6.35. The molecule has 0 radical (unpaired) electrons. The number of hydrogen-bond donors (Lipinski definition) is 2. The zero-order valence-corrected chi connectivity index (χ0v) is 13.9. The van der Waals surface area contributed by atoms with Crippen LogP contribution in [0.4, 0.5) is 5.82 Å². The summed E-state index contributed by atoms with van der Waals surface area (Å²) in [7, 11) is 0. The van der Waals surface area contributed by atoms with Crippen LogP contribution in [0.5, 0.6) is 0 Å². The van der Waals surface area contributed by atoms with Gasteiger partial charge in [0.05, 0.1) is 11.4 Å². The van der Waals surface area contributed by atoms with Gasteiger partial charge in [0.25, 0.3) is 0 Å². The molecule has 2 atom stereocenters. The van der Waals surface area contributed by atoms with Crippen molar-refractivity contribution in [2.24, 2.45) is 5.92 Å². The number of nitrogens with zero attached hydrogens (tertiary/aromatic N) is 4. The maximum atomic E-state index is 12.2. The van der Waals surface area contributed by atoms with Gasteiger partial charge < -0.3 is 14.8 Å². The van der Waals surface area contributed by atoms with Crippen molar-refractivity contribution in [2.75, 3.05) is 30.3 Å². The molecule has 2 aromatic heterocycles. The first-order chi connectivity index (χ1) is 11.3. The molecule has 2 saturated heterocycles. The van der Waals surface area contributed by atoms with Crippen molar-refractivity contribution in [3.05, 3.63) is 18.6 Å². The van der Waals surface area contributed by atoms with Crippen LogP contribution in [0.2, 0.25) is 0 Å². The number of carbonyl (C=O) groups excluding carboxylic acids is 1. The Labute approximate surface area is 140 Å². The van der Waals surface area contributed by atoms with Gasteiger partial charge in [-0.2, -0.15) is 12.6 Å². The molecule has 0 saturated carbocycles. The second kappa shape index (κ2) is 6.03. The molecule has 0 aromatic carbocycles. The number of amides is 1. The third-order valence-electron chi connectivity index (χ3n) is 5.15. The Morgan fingerprint density at radius 3 is 3.09 bits per heavy atom. The van der Waals surface area contributed by atoms with Crippen molar-refractivity contribution in [2.45, 2.75) is 25.3 Å². The highest BCUT2D eigenvalue weighted by Gasteiger charge is 2.40. The van der Waals surface area contributed by atoms with Crippen molar-refractivity contribution in [3.63, 3.8) is 0 Å². The minimum Gasteiger partial charge on any atom is -0.351 e. The molecule has 0 aliphatic carbocycles. The van der Waals surface area contributed by atoms with E-state index >= 15 is 0 Å². The monoisotopic (exact) mass is 331 g/mol. The molecule has 1 amide bonds. The van der Waals surface area contributed by atoms with Crippen LogP contribution < -0.4 is 4.90 Å². The van der Waals surface area contributed by atoms with Gasteiger partial charge in [-0.3, -0.25) is 4.79 Å². The minimum atomic E-state index is 0.222. The molecular formula is C16H21N5OS. The lowest BCUT2D eigenvalue weighted by atomic mass is 9.92. The standard InChI is InChI=1S/C16H21N5OS/c22-14(4-8-23)20-6-2-11-3-7-21(13(11)9-20)16-12-1-5-17-15(12)18-10-19-16/h1,5,10-11,13,23H,2-4,6-9H2,(H,17,18,19)/t11-,13-/m0/s1. The normalized spacial score (nSPS) is 24.2. The topological polar surface area (TPSA) is 65.1 Å². The molecule has 4 heterocycles. The summed E-state index contributed by atoms with van der Waals surface area (Å²) in [4.78, 5) is 28.6. The molecule has 7 heteroatoms. The highest BCUT2D eigenvalue weighted by Crippen LogP contribution is 2.36. The maximum Gasteiger partial charge on any atom is 0.223 e. The second-order valence-corrected chi connectivity index (χ2v) is 6.80. The number of rotatable bonds is 3. The minimum absolute atomic E-state index is 0.222. The predicted octanol–water partition coefficient (Wildman–Crippen LogP) is 1.71. The predicted molar refractivity (Wildman–Crippen MR) is 92.8 cm³/mol. The summed E-state index contributed by atoms with van der Waals surface area (Å²) in [6, 6.07) is 2.39. The average Bonchev–Trinajstić information content (AvgIpc) is 3.20.